The highest BCUT2D eigenvalue weighted by Gasteiger charge is 2.36. The van der Waals surface area contributed by atoms with Crippen LogP contribution in [-0.4, -0.2) is 50.3 Å². The lowest BCUT2D eigenvalue weighted by atomic mass is 9.82. The number of allylic oxidation sites excluding steroid dienone is 2. The lowest BCUT2D eigenvalue weighted by Crippen LogP contribution is -2.51. The molecule has 0 radical (unpaired) electrons. The van der Waals surface area contributed by atoms with Crippen molar-refractivity contribution in [3.63, 3.8) is 0 Å². The Morgan fingerprint density at radius 1 is 1.18 bits per heavy atom. The van der Waals surface area contributed by atoms with E-state index in [-0.39, 0.29) is 18.9 Å². The van der Waals surface area contributed by atoms with E-state index in [1.807, 2.05) is 56.3 Å². The van der Waals surface area contributed by atoms with Crippen molar-refractivity contribution in [2.45, 2.75) is 65.1 Å². The van der Waals surface area contributed by atoms with Crippen LogP contribution in [0.1, 0.15) is 64.4 Å². The van der Waals surface area contributed by atoms with Gasteiger partial charge in [0.1, 0.15) is 0 Å². The maximum absolute atomic E-state index is 13.5. The normalized spacial score (nSPS) is 17.9. The van der Waals surface area contributed by atoms with E-state index in [0.717, 1.165) is 29.1 Å². The average Bonchev–Trinajstić information content (AvgIpc) is 2.88. The molecule has 0 saturated carbocycles. The van der Waals surface area contributed by atoms with Crippen molar-refractivity contribution in [1.82, 2.24) is 15.3 Å². The molecule has 1 aromatic rings. The fraction of sp³-hybridized carbons (Fsp3) is 0.571. The van der Waals surface area contributed by atoms with E-state index in [1.54, 1.807) is 6.08 Å². The highest BCUT2D eigenvalue weighted by Crippen LogP contribution is 2.26. The summed E-state index contributed by atoms with van der Waals surface area (Å²) in [7, 11) is -3.71. The molecule has 2 amide bonds. The molecule has 212 valence electrons. The summed E-state index contributed by atoms with van der Waals surface area (Å²) in [6.07, 6.45) is 10.3. The first-order valence-corrected chi connectivity index (χ1v) is 15.1. The van der Waals surface area contributed by atoms with Gasteiger partial charge >= 0.3 is 0 Å². The minimum Gasteiger partial charge on any atom is -0.350 e. The van der Waals surface area contributed by atoms with Crippen LogP contribution in [0.25, 0.3) is 6.08 Å². The minimum atomic E-state index is -3.71. The topological polar surface area (TPSA) is 114 Å². The van der Waals surface area contributed by atoms with E-state index >= 15 is 0 Å². The number of nitrogens with one attached hydrogen (secondary N) is 2. The van der Waals surface area contributed by atoms with Gasteiger partial charge in [0.05, 0.1) is 18.1 Å². The van der Waals surface area contributed by atoms with E-state index in [4.69, 9.17) is 9.57 Å². The molecule has 1 heterocycles. The molecule has 0 spiro atoms. The van der Waals surface area contributed by atoms with Gasteiger partial charge in [-0.1, -0.05) is 62.4 Å². The van der Waals surface area contributed by atoms with Gasteiger partial charge in [-0.2, -0.15) is 0 Å². The molecule has 1 aliphatic rings. The zero-order chi connectivity index (χ0) is 28.0. The Morgan fingerprint density at radius 3 is 2.53 bits per heavy atom. The zero-order valence-electron chi connectivity index (χ0n) is 22.8. The number of ether oxygens (including phenoxy) is 1. The predicted octanol–water partition coefficient (Wildman–Crippen LogP) is 4.20. The van der Waals surface area contributed by atoms with Gasteiger partial charge < -0.3 is 4.74 Å². The van der Waals surface area contributed by atoms with Crippen LogP contribution in [0.3, 0.4) is 0 Å². The number of hydrazine groups is 1. The second-order valence-corrected chi connectivity index (χ2v) is 11.9. The van der Waals surface area contributed by atoms with Crippen LogP contribution in [0.4, 0.5) is 0 Å². The van der Waals surface area contributed by atoms with E-state index in [9.17, 15) is 18.0 Å². The molecule has 1 aromatic carbocycles. The first-order valence-electron chi connectivity index (χ1n) is 13.3. The summed E-state index contributed by atoms with van der Waals surface area (Å²) in [5, 5.41) is 0. The Hall–Kier alpha value is -2.53. The first-order chi connectivity index (χ1) is 18.1. The Bertz CT molecular complexity index is 1010. The molecule has 1 aliphatic heterocycles. The number of carbonyl (C=O) groups excluding carboxylic acids is 2. The molecule has 2 N–H and O–H groups in total. The Labute approximate surface area is 227 Å². The molecule has 1 unspecified atom stereocenters. The van der Waals surface area contributed by atoms with Crippen LogP contribution in [0.15, 0.2) is 49.1 Å². The summed E-state index contributed by atoms with van der Waals surface area (Å²) < 4.78 is 31.3. The monoisotopic (exact) mass is 549 g/mol. The maximum Gasteiger partial charge on any atom is 0.247 e. The summed E-state index contributed by atoms with van der Waals surface area (Å²) in [6, 6.07) is 9.65. The van der Waals surface area contributed by atoms with Gasteiger partial charge in [-0.25, -0.2) is 18.7 Å². The summed E-state index contributed by atoms with van der Waals surface area (Å²) in [5.41, 5.74) is 6.05. The predicted molar refractivity (Wildman–Crippen MR) is 148 cm³/mol. The number of hydrogen-bond donors (Lipinski definition) is 2. The van der Waals surface area contributed by atoms with Crippen molar-refractivity contribution in [1.29, 1.82) is 0 Å². The van der Waals surface area contributed by atoms with Crippen molar-refractivity contribution in [3.05, 3.63) is 54.6 Å². The van der Waals surface area contributed by atoms with E-state index < -0.39 is 40.0 Å². The molecular weight excluding hydrogens is 506 g/mol. The maximum atomic E-state index is 13.5. The summed E-state index contributed by atoms with van der Waals surface area (Å²) >= 11 is 0. The number of hydroxylamine groups is 1. The molecule has 0 bridgehead atoms. The second kappa shape index (κ2) is 16.4. The van der Waals surface area contributed by atoms with Gasteiger partial charge in [0, 0.05) is 19.6 Å². The molecule has 1 fully saturated rings. The molecule has 9 nitrogen and oxygen atoms in total. The van der Waals surface area contributed by atoms with Gasteiger partial charge in [-0.15, -0.1) is 11.0 Å². The number of rotatable bonds is 16. The van der Waals surface area contributed by atoms with Crippen LogP contribution in [0, 0.1) is 17.8 Å². The summed E-state index contributed by atoms with van der Waals surface area (Å²) in [5.74, 6) is -2.49. The van der Waals surface area contributed by atoms with Gasteiger partial charge in [0.25, 0.3) is 0 Å². The summed E-state index contributed by atoms with van der Waals surface area (Å²) in [4.78, 5) is 32.5. The third-order valence-electron chi connectivity index (χ3n) is 6.22. The van der Waals surface area contributed by atoms with Crippen molar-refractivity contribution in [2.24, 2.45) is 17.8 Å². The number of benzene rings is 1. The van der Waals surface area contributed by atoms with Crippen molar-refractivity contribution >= 4 is 27.9 Å². The lowest BCUT2D eigenvalue weighted by Gasteiger charge is -2.30. The molecular formula is C28H43N3O6S. The van der Waals surface area contributed by atoms with E-state index in [2.05, 4.69) is 17.5 Å². The second-order valence-electron chi connectivity index (χ2n) is 10.0. The van der Waals surface area contributed by atoms with Crippen LogP contribution < -0.4 is 10.9 Å². The number of nitrogens with zero attached hydrogens (tertiary/aromatic N) is 1. The largest absolute Gasteiger partial charge is 0.350 e. The third kappa shape index (κ3) is 11.5. The zero-order valence-corrected chi connectivity index (χ0v) is 23.6. The number of amides is 2. The van der Waals surface area contributed by atoms with Crippen LogP contribution in [0.2, 0.25) is 0 Å². The number of hydrogen-bond acceptors (Lipinski definition) is 6. The van der Waals surface area contributed by atoms with Gasteiger partial charge in [-0.05, 0) is 50.0 Å². The van der Waals surface area contributed by atoms with Crippen LogP contribution in [-0.2, 0) is 29.2 Å². The fourth-order valence-corrected chi connectivity index (χ4v) is 4.94. The molecule has 0 aliphatic carbocycles. The number of unbranched alkanes of at least 4 members (excludes halogenated alkanes) is 1. The molecule has 10 heteroatoms. The van der Waals surface area contributed by atoms with Crippen molar-refractivity contribution < 1.29 is 27.6 Å². The number of sulfonamides is 1. The van der Waals surface area contributed by atoms with Gasteiger partial charge in [0.15, 0.2) is 6.29 Å². The van der Waals surface area contributed by atoms with Crippen LogP contribution >= 0.6 is 0 Å². The van der Waals surface area contributed by atoms with Crippen molar-refractivity contribution in [2.75, 3.05) is 19.4 Å². The lowest BCUT2D eigenvalue weighted by molar-refractivity contribution is -0.203. The fourth-order valence-electron chi connectivity index (χ4n) is 4.22. The highest BCUT2D eigenvalue weighted by molar-refractivity contribution is 7.88. The SMILES string of the molecule is C=CCCCN(NC(=O)[C@H](CC(C)C)[C@H](C/C=C/c1ccccc1)C(=O)NOC1CCCCO1)S(C)(=O)=O. The molecule has 2 rings (SSSR count). The van der Waals surface area contributed by atoms with E-state index in [1.165, 1.54) is 0 Å². The molecule has 3 atom stereocenters. The Morgan fingerprint density at radius 2 is 1.92 bits per heavy atom. The van der Waals surface area contributed by atoms with Gasteiger partial charge in [0.2, 0.25) is 21.8 Å². The third-order valence-corrected chi connectivity index (χ3v) is 7.29. The molecule has 0 aromatic heterocycles. The summed E-state index contributed by atoms with van der Waals surface area (Å²) in [6.45, 7) is 8.25. The number of carbonyl (C=O) groups is 2. The van der Waals surface area contributed by atoms with E-state index in [0.29, 0.717) is 32.3 Å². The quantitative estimate of drug-likeness (QED) is 0.181. The molecule has 1 saturated heterocycles. The highest BCUT2D eigenvalue weighted by atomic mass is 32.2. The van der Waals surface area contributed by atoms with Crippen LogP contribution in [0.5, 0.6) is 0 Å². The average molecular weight is 550 g/mol. The Balaban J connectivity index is 2.26. The minimum absolute atomic E-state index is 0.0780. The Kier molecular flexibility index (Phi) is 13.7. The molecule has 38 heavy (non-hydrogen) atoms. The van der Waals surface area contributed by atoms with Crippen molar-refractivity contribution in [3.8, 4) is 0 Å². The standard InChI is InChI=1S/C28H43N3O6S/c1-5-6-11-19-31(38(4,34)35)29-27(32)25(21-22(2)3)24(17-13-16-23-14-8-7-9-15-23)28(33)30-37-26-18-10-12-20-36-26/h5,7-9,13-16,22,24-26H,1,6,10-12,17-21H2,2-4H3,(H,29,32)(H,30,33)/b16-13+/t24-,25+,26?/m0/s1. The smallest absolute Gasteiger partial charge is 0.247 e. The first kappa shape index (κ1) is 31.7. The van der Waals surface area contributed by atoms with Gasteiger partial charge in [-0.3, -0.25) is 15.0 Å².